The predicted molar refractivity (Wildman–Crippen MR) is 81.2 cm³/mol. The van der Waals surface area contributed by atoms with Crippen molar-refractivity contribution in [3.05, 3.63) is 48.5 Å². The van der Waals surface area contributed by atoms with E-state index in [4.69, 9.17) is 0 Å². The molecule has 0 unspecified atom stereocenters. The highest BCUT2D eigenvalue weighted by Crippen LogP contribution is 2.14. The van der Waals surface area contributed by atoms with Crippen LogP contribution in [0.15, 0.2) is 47.9 Å². The Bertz CT molecular complexity index is 653. The molecule has 2 N–H and O–H groups in total. The summed E-state index contributed by atoms with van der Waals surface area (Å²) in [5, 5.41) is 3.15. The summed E-state index contributed by atoms with van der Waals surface area (Å²) >= 11 is 0. The van der Waals surface area contributed by atoms with Crippen LogP contribution in [0, 0.1) is 0 Å². The van der Waals surface area contributed by atoms with E-state index in [-0.39, 0.29) is 0 Å². The SMILES string of the molecule is CCNCc1ccccc1S(=O)(=O)NCCn1ccnc1. The van der Waals surface area contributed by atoms with Gasteiger partial charge in [-0.1, -0.05) is 25.1 Å². The average Bonchev–Trinajstić information content (AvgIpc) is 2.98. The van der Waals surface area contributed by atoms with Crippen molar-refractivity contribution in [1.82, 2.24) is 19.6 Å². The van der Waals surface area contributed by atoms with Crippen molar-refractivity contribution in [2.24, 2.45) is 0 Å². The standard InChI is InChI=1S/C14H20N4O2S/c1-2-15-11-13-5-3-4-6-14(13)21(19,20)17-8-10-18-9-7-16-12-18/h3-7,9,12,15,17H,2,8,10-11H2,1H3. The molecule has 114 valence electrons. The van der Waals surface area contributed by atoms with Gasteiger partial charge in [0.25, 0.3) is 0 Å². The van der Waals surface area contributed by atoms with Crippen LogP contribution in [0.3, 0.4) is 0 Å². The van der Waals surface area contributed by atoms with Gasteiger partial charge in [0.2, 0.25) is 10.0 Å². The Morgan fingerprint density at radius 3 is 2.81 bits per heavy atom. The molecule has 2 rings (SSSR count). The molecule has 0 saturated carbocycles. The molecule has 21 heavy (non-hydrogen) atoms. The molecule has 1 heterocycles. The van der Waals surface area contributed by atoms with Gasteiger partial charge in [-0.05, 0) is 18.2 Å². The van der Waals surface area contributed by atoms with Crippen LogP contribution in [0.4, 0.5) is 0 Å². The van der Waals surface area contributed by atoms with Crippen LogP contribution in [-0.2, 0) is 23.1 Å². The van der Waals surface area contributed by atoms with Gasteiger partial charge in [0.05, 0.1) is 11.2 Å². The fourth-order valence-electron chi connectivity index (χ4n) is 1.98. The van der Waals surface area contributed by atoms with Gasteiger partial charge in [0.15, 0.2) is 0 Å². The van der Waals surface area contributed by atoms with Crippen molar-refractivity contribution in [2.45, 2.75) is 24.9 Å². The van der Waals surface area contributed by atoms with Gasteiger partial charge in [-0.15, -0.1) is 0 Å². The van der Waals surface area contributed by atoms with Gasteiger partial charge in [-0.25, -0.2) is 18.1 Å². The Hall–Kier alpha value is -1.70. The smallest absolute Gasteiger partial charge is 0.240 e. The van der Waals surface area contributed by atoms with Crippen molar-refractivity contribution in [3.63, 3.8) is 0 Å². The number of sulfonamides is 1. The number of hydrogen-bond acceptors (Lipinski definition) is 4. The van der Waals surface area contributed by atoms with E-state index in [9.17, 15) is 8.42 Å². The predicted octanol–water partition coefficient (Wildman–Crippen LogP) is 0.971. The number of aromatic nitrogens is 2. The maximum Gasteiger partial charge on any atom is 0.240 e. The van der Waals surface area contributed by atoms with Crippen molar-refractivity contribution >= 4 is 10.0 Å². The minimum atomic E-state index is -3.50. The normalized spacial score (nSPS) is 11.7. The number of nitrogens with one attached hydrogen (secondary N) is 2. The van der Waals surface area contributed by atoms with Crippen molar-refractivity contribution in [3.8, 4) is 0 Å². The molecule has 1 aromatic carbocycles. The molecule has 0 amide bonds. The molecule has 0 radical (unpaired) electrons. The first-order chi connectivity index (χ1) is 10.1. The van der Waals surface area contributed by atoms with Crippen molar-refractivity contribution < 1.29 is 8.42 Å². The van der Waals surface area contributed by atoms with Gasteiger partial charge < -0.3 is 9.88 Å². The minimum Gasteiger partial charge on any atom is -0.336 e. The third-order valence-corrected chi connectivity index (χ3v) is 4.61. The molecule has 0 spiro atoms. The van der Waals surface area contributed by atoms with E-state index in [0.717, 1.165) is 12.1 Å². The number of imidazole rings is 1. The van der Waals surface area contributed by atoms with E-state index in [0.29, 0.717) is 24.5 Å². The third-order valence-electron chi connectivity index (χ3n) is 3.05. The minimum absolute atomic E-state index is 0.328. The number of benzene rings is 1. The molecule has 0 bridgehead atoms. The quantitative estimate of drug-likeness (QED) is 0.762. The Morgan fingerprint density at radius 1 is 1.29 bits per heavy atom. The first kappa shape index (κ1) is 15.7. The summed E-state index contributed by atoms with van der Waals surface area (Å²) in [7, 11) is -3.50. The second kappa shape index (κ2) is 7.35. The summed E-state index contributed by atoms with van der Waals surface area (Å²) < 4.78 is 29.2. The molecule has 0 aliphatic rings. The largest absolute Gasteiger partial charge is 0.336 e. The topological polar surface area (TPSA) is 76.0 Å². The van der Waals surface area contributed by atoms with Gasteiger partial charge in [-0.2, -0.15) is 0 Å². The van der Waals surface area contributed by atoms with E-state index in [1.54, 1.807) is 30.9 Å². The molecule has 7 heteroatoms. The lowest BCUT2D eigenvalue weighted by atomic mass is 10.2. The summed E-state index contributed by atoms with van der Waals surface area (Å²) in [4.78, 5) is 4.25. The maximum atomic E-state index is 12.4. The van der Waals surface area contributed by atoms with E-state index >= 15 is 0 Å². The van der Waals surface area contributed by atoms with Gasteiger partial charge in [0, 0.05) is 32.0 Å². The van der Waals surface area contributed by atoms with Crippen LogP contribution < -0.4 is 10.0 Å². The molecule has 6 nitrogen and oxygen atoms in total. The van der Waals surface area contributed by atoms with Crippen LogP contribution in [0.1, 0.15) is 12.5 Å². The summed E-state index contributed by atoms with van der Waals surface area (Å²) in [6.45, 7) is 4.20. The van der Waals surface area contributed by atoms with E-state index in [2.05, 4.69) is 15.0 Å². The summed E-state index contributed by atoms with van der Waals surface area (Å²) in [6.07, 6.45) is 5.13. The zero-order valence-electron chi connectivity index (χ0n) is 12.0. The molecule has 1 aromatic heterocycles. The fourth-order valence-corrected chi connectivity index (χ4v) is 3.24. The molecule has 0 aliphatic carbocycles. The molecule has 0 aliphatic heterocycles. The second-order valence-corrected chi connectivity index (χ2v) is 6.32. The van der Waals surface area contributed by atoms with Crippen molar-refractivity contribution in [2.75, 3.05) is 13.1 Å². The van der Waals surface area contributed by atoms with Gasteiger partial charge in [0.1, 0.15) is 0 Å². The Labute approximate surface area is 125 Å². The van der Waals surface area contributed by atoms with E-state index < -0.39 is 10.0 Å². The number of nitrogens with zero attached hydrogens (tertiary/aromatic N) is 2. The lowest BCUT2D eigenvalue weighted by Gasteiger charge is -2.12. The lowest BCUT2D eigenvalue weighted by molar-refractivity contribution is 0.570. The average molecular weight is 308 g/mol. The van der Waals surface area contributed by atoms with Crippen molar-refractivity contribution in [1.29, 1.82) is 0 Å². The monoisotopic (exact) mass is 308 g/mol. The van der Waals surface area contributed by atoms with Gasteiger partial charge in [-0.3, -0.25) is 0 Å². The highest BCUT2D eigenvalue weighted by molar-refractivity contribution is 7.89. The zero-order valence-corrected chi connectivity index (χ0v) is 12.8. The van der Waals surface area contributed by atoms with Crippen LogP contribution in [0.25, 0.3) is 0 Å². The van der Waals surface area contributed by atoms with E-state index in [1.807, 2.05) is 23.6 Å². The third kappa shape index (κ3) is 4.38. The molecular formula is C14H20N4O2S. The second-order valence-electron chi connectivity index (χ2n) is 4.59. The zero-order chi connectivity index (χ0) is 15.1. The molecule has 0 atom stereocenters. The fraction of sp³-hybridized carbons (Fsp3) is 0.357. The Balaban J connectivity index is 2.04. The van der Waals surface area contributed by atoms with Crippen LogP contribution in [0.2, 0.25) is 0 Å². The van der Waals surface area contributed by atoms with E-state index in [1.165, 1.54) is 0 Å². The molecular weight excluding hydrogens is 288 g/mol. The first-order valence-electron chi connectivity index (χ1n) is 6.87. The molecule has 0 fully saturated rings. The highest BCUT2D eigenvalue weighted by atomic mass is 32.2. The Morgan fingerprint density at radius 2 is 2.10 bits per heavy atom. The maximum absolute atomic E-state index is 12.4. The summed E-state index contributed by atoms with van der Waals surface area (Å²) in [6, 6.07) is 7.04. The molecule has 0 saturated heterocycles. The van der Waals surface area contributed by atoms with Crippen LogP contribution in [-0.4, -0.2) is 31.1 Å². The number of rotatable bonds is 8. The molecule has 2 aromatic rings. The number of hydrogen-bond donors (Lipinski definition) is 2. The Kier molecular flexibility index (Phi) is 5.49. The van der Waals surface area contributed by atoms with Gasteiger partial charge >= 0.3 is 0 Å². The summed E-state index contributed by atoms with van der Waals surface area (Å²) in [5.74, 6) is 0. The highest BCUT2D eigenvalue weighted by Gasteiger charge is 2.17. The lowest BCUT2D eigenvalue weighted by Crippen LogP contribution is -2.28. The first-order valence-corrected chi connectivity index (χ1v) is 8.36. The summed E-state index contributed by atoms with van der Waals surface area (Å²) in [5.41, 5.74) is 0.773. The van der Waals surface area contributed by atoms with Crippen LogP contribution >= 0.6 is 0 Å². The van der Waals surface area contributed by atoms with Crippen LogP contribution in [0.5, 0.6) is 0 Å².